The highest BCUT2D eigenvalue weighted by Crippen LogP contribution is 2.27. The summed E-state index contributed by atoms with van der Waals surface area (Å²) in [6, 6.07) is 5.54. The van der Waals surface area contributed by atoms with Crippen molar-refractivity contribution in [3.63, 3.8) is 0 Å². The van der Waals surface area contributed by atoms with E-state index in [9.17, 15) is 4.79 Å². The van der Waals surface area contributed by atoms with Crippen LogP contribution in [0.1, 0.15) is 34.3 Å². The van der Waals surface area contributed by atoms with Gasteiger partial charge >= 0.3 is 0 Å². The van der Waals surface area contributed by atoms with Crippen LogP contribution < -0.4 is 0 Å². The molecule has 1 aromatic rings. The van der Waals surface area contributed by atoms with E-state index in [0.717, 1.165) is 24.0 Å². The number of hydrogen-bond acceptors (Lipinski definition) is 3. The third-order valence-electron chi connectivity index (χ3n) is 4.11. The van der Waals surface area contributed by atoms with Gasteiger partial charge < -0.3 is 14.7 Å². The first-order chi connectivity index (χ1) is 10.2. The Morgan fingerprint density at radius 3 is 2.71 bits per heavy atom. The molecule has 2 unspecified atom stereocenters. The second kappa shape index (κ2) is 5.88. The molecular weight excluding hydrogens is 266 g/mol. The molecule has 0 saturated carbocycles. The third-order valence-corrected chi connectivity index (χ3v) is 4.11. The number of carbonyl (C=O) groups excluding carboxylic acids is 1. The van der Waals surface area contributed by atoms with Crippen molar-refractivity contribution >= 4 is 5.91 Å². The molecule has 110 valence electrons. The van der Waals surface area contributed by atoms with E-state index in [1.807, 2.05) is 30.0 Å². The van der Waals surface area contributed by atoms with Gasteiger partial charge in [-0.1, -0.05) is 11.8 Å². The number of aliphatic hydroxyl groups excluding tert-OH is 1. The summed E-state index contributed by atoms with van der Waals surface area (Å²) in [5.74, 6) is 5.59. The Hall–Kier alpha value is -1.83. The quantitative estimate of drug-likeness (QED) is 0.792. The van der Waals surface area contributed by atoms with Crippen molar-refractivity contribution in [3.05, 3.63) is 34.9 Å². The van der Waals surface area contributed by atoms with Gasteiger partial charge in [0.05, 0.1) is 12.2 Å². The first-order valence-corrected chi connectivity index (χ1v) is 7.32. The van der Waals surface area contributed by atoms with Gasteiger partial charge in [0.15, 0.2) is 0 Å². The van der Waals surface area contributed by atoms with E-state index in [1.54, 1.807) is 0 Å². The molecule has 0 aliphatic carbocycles. The summed E-state index contributed by atoms with van der Waals surface area (Å²) < 4.78 is 5.76. The van der Waals surface area contributed by atoms with Crippen LogP contribution in [0.3, 0.4) is 0 Å². The summed E-state index contributed by atoms with van der Waals surface area (Å²) >= 11 is 0. The average Bonchev–Trinajstić information content (AvgIpc) is 2.83. The summed E-state index contributed by atoms with van der Waals surface area (Å²) in [7, 11) is 0. The minimum Gasteiger partial charge on any atom is -0.384 e. The Bertz CT molecular complexity index is 602. The maximum Gasteiger partial charge on any atom is 0.254 e. The van der Waals surface area contributed by atoms with E-state index in [1.165, 1.54) is 0 Å². The normalized spacial score (nSPS) is 23.6. The average molecular weight is 285 g/mol. The summed E-state index contributed by atoms with van der Waals surface area (Å²) in [6.07, 6.45) is 2.54. The van der Waals surface area contributed by atoms with Crippen LogP contribution in [0.15, 0.2) is 18.2 Å². The Morgan fingerprint density at radius 1 is 1.38 bits per heavy atom. The molecule has 1 N–H and O–H groups in total. The van der Waals surface area contributed by atoms with Crippen molar-refractivity contribution in [3.8, 4) is 11.8 Å². The molecule has 21 heavy (non-hydrogen) atoms. The van der Waals surface area contributed by atoms with Gasteiger partial charge in [0, 0.05) is 24.2 Å². The SMILES string of the molecule is Cc1cc(C(=O)N2CC3CCC(C2)O3)ccc1C#CCO. The fourth-order valence-corrected chi connectivity index (χ4v) is 3.03. The zero-order chi connectivity index (χ0) is 14.8. The smallest absolute Gasteiger partial charge is 0.254 e. The van der Waals surface area contributed by atoms with Crippen LogP contribution in [0.4, 0.5) is 0 Å². The molecular formula is C17H19NO3. The molecule has 2 aliphatic heterocycles. The van der Waals surface area contributed by atoms with E-state index in [4.69, 9.17) is 9.84 Å². The van der Waals surface area contributed by atoms with E-state index in [2.05, 4.69) is 11.8 Å². The highest BCUT2D eigenvalue weighted by Gasteiger charge is 2.35. The minimum atomic E-state index is -0.156. The number of likely N-dealkylation sites (tertiary alicyclic amines) is 1. The van der Waals surface area contributed by atoms with Crippen molar-refractivity contribution < 1.29 is 14.6 Å². The lowest BCUT2D eigenvalue weighted by molar-refractivity contribution is -0.0303. The van der Waals surface area contributed by atoms with Crippen LogP contribution in [-0.2, 0) is 4.74 Å². The molecule has 0 spiro atoms. The number of fused-ring (bicyclic) bond motifs is 2. The van der Waals surface area contributed by atoms with Crippen LogP contribution in [0.2, 0.25) is 0 Å². The Kier molecular flexibility index (Phi) is 3.96. The van der Waals surface area contributed by atoms with Crippen molar-refractivity contribution in [2.75, 3.05) is 19.7 Å². The van der Waals surface area contributed by atoms with Crippen LogP contribution in [0, 0.1) is 18.8 Å². The van der Waals surface area contributed by atoms with Crippen LogP contribution in [0.5, 0.6) is 0 Å². The molecule has 0 aromatic heterocycles. The zero-order valence-corrected chi connectivity index (χ0v) is 12.1. The van der Waals surface area contributed by atoms with Gasteiger partial charge in [0.2, 0.25) is 0 Å². The molecule has 2 fully saturated rings. The Balaban J connectivity index is 1.77. The highest BCUT2D eigenvalue weighted by atomic mass is 16.5. The third kappa shape index (κ3) is 2.94. The monoisotopic (exact) mass is 285 g/mol. The summed E-state index contributed by atoms with van der Waals surface area (Å²) in [6.45, 7) is 3.17. The molecule has 2 saturated heterocycles. The zero-order valence-electron chi connectivity index (χ0n) is 12.1. The van der Waals surface area contributed by atoms with Crippen molar-refractivity contribution in [1.29, 1.82) is 0 Å². The van der Waals surface area contributed by atoms with E-state index in [-0.39, 0.29) is 24.7 Å². The lowest BCUT2D eigenvalue weighted by atomic mass is 10.0. The first-order valence-electron chi connectivity index (χ1n) is 7.32. The number of morpholine rings is 1. The molecule has 2 bridgehead atoms. The second-order valence-corrected chi connectivity index (χ2v) is 5.66. The predicted octanol–water partition coefficient (Wildman–Crippen LogP) is 1.34. The van der Waals surface area contributed by atoms with Crippen LogP contribution in [0.25, 0.3) is 0 Å². The number of amides is 1. The van der Waals surface area contributed by atoms with Gasteiger partial charge in [-0.3, -0.25) is 4.79 Å². The fourth-order valence-electron chi connectivity index (χ4n) is 3.03. The molecule has 4 heteroatoms. The number of hydrogen-bond donors (Lipinski definition) is 1. The number of ether oxygens (including phenoxy) is 1. The molecule has 2 aliphatic rings. The van der Waals surface area contributed by atoms with Crippen molar-refractivity contribution in [2.24, 2.45) is 0 Å². The van der Waals surface area contributed by atoms with Crippen molar-refractivity contribution in [1.82, 2.24) is 4.90 Å². The Morgan fingerprint density at radius 2 is 2.10 bits per heavy atom. The van der Waals surface area contributed by atoms with Gasteiger partial charge in [-0.15, -0.1) is 0 Å². The number of carbonyl (C=O) groups is 1. The van der Waals surface area contributed by atoms with Gasteiger partial charge in [0.1, 0.15) is 6.61 Å². The van der Waals surface area contributed by atoms with E-state index in [0.29, 0.717) is 18.7 Å². The molecule has 1 aromatic carbocycles. The van der Waals surface area contributed by atoms with Crippen molar-refractivity contribution in [2.45, 2.75) is 32.0 Å². The fraction of sp³-hybridized carbons (Fsp3) is 0.471. The van der Waals surface area contributed by atoms with Crippen LogP contribution in [-0.4, -0.2) is 47.8 Å². The Labute approximate surface area is 124 Å². The number of aryl methyl sites for hydroxylation is 1. The van der Waals surface area contributed by atoms with E-state index < -0.39 is 0 Å². The number of nitrogens with zero attached hydrogens (tertiary/aromatic N) is 1. The summed E-state index contributed by atoms with van der Waals surface area (Å²) in [5, 5.41) is 8.74. The van der Waals surface area contributed by atoms with Crippen LogP contribution >= 0.6 is 0 Å². The maximum atomic E-state index is 12.6. The number of rotatable bonds is 1. The first kappa shape index (κ1) is 14.1. The summed E-state index contributed by atoms with van der Waals surface area (Å²) in [5.41, 5.74) is 2.50. The van der Waals surface area contributed by atoms with Gasteiger partial charge in [-0.25, -0.2) is 0 Å². The highest BCUT2D eigenvalue weighted by molar-refractivity contribution is 5.94. The van der Waals surface area contributed by atoms with Gasteiger partial charge in [-0.2, -0.15) is 0 Å². The van der Waals surface area contributed by atoms with Gasteiger partial charge in [0.25, 0.3) is 5.91 Å². The lowest BCUT2D eigenvalue weighted by Gasteiger charge is -2.32. The number of aliphatic hydroxyl groups is 1. The topological polar surface area (TPSA) is 49.8 Å². The maximum absolute atomic E-state index is 12.6. The predicted molar refractivity (Wildman–Crippen MR) is 78.9 cm³/mol. The van der Waals surface area contributed by atoms with Gasteiger partial charge in [-0.05, 0) is 43.5 Å². The molecule has 2 heterocycles. The second-order valence-electron chi connectivity index (χ2n) is 5.66. The molecule has 0 radical (unpaired) electrons. The minimum absolute atomic E-state index is 0.0694. The number of benzene rings is 1. The summed E-state index contributed by atoms with van der Waals surface area (Å²) in [4.78, 5) is 14.5. The molecule has 4 nitrogen and oxygen atoms in total. The standard InChI is InChI=1S/C17H19NO3/c1-12-9-14(5-4-13(12)3-2-8-19)17(20)18-10-15-6-7-16(11-18)21-15/h4-5,9,15-16,19H,6-8,10-11H2,1H3. The molecule has 1 amide bonds. The largest absolute Gasteiger partial charge is 0.384 e. The lowest BCUT2D eigenvalue weighted by Crippen LogP contribution is -2.45. The molecule has 2 atom stereocenters. The molecule has 3 rings (SSSR count). The van der Waals surface area contributed by atoms with E-state index >= 15 is 0 Å².